The zero-order valence-corrected chi connectivity index (χ0v) is 17.6. The standard InChI is InChI=1S/C24H31N3O2/c1-4-27-14-12-24(13-15-27)25-20(18-10-8-17(2)9-11-18)16-21(26-24)19-6-5-7-22(29-3)23(19)28/h5-11,21,26,28H,4,12-16H2,1-3H3. The van der Waals surface area contributed by atoms with E-state index in [0.717, 1.165) is 50.2 Å². The Hall–Kier alpha value is -2.37. The Bertz CT molecular complexity index is 883. The molecule has 4 rings (SSSR count). The minimum atomic E-state index is -0.287. The van der Waals surface area contributed by atoms with Crippen LogP contribution in [0.3, 0.4) is 0 Å². The third-order valence-corrected chi connectivity index (χ3v) is 6.33. The highest BCUT2D eigenvalue weighted by molar-refractivity contribution is 6.01. The van der Waals surface area contributed by atoms with Crippen LogP contribution < -0.4 is 10.1 Å². The lowest BCUT2D eigenvalue weighted by Crippen LogP contribution is -2.56. The first kappa shape index (κ1) is 19.9. The average molecular weight is 394 g/mol. The highest BCUT2D eigenvalue weighted by atomic mass is 16.5. The summed E-state index contributed by atoms with van der Waals surface area (Å²) in [7, 11) is 1.59. The molecule has 2 aromatic carbocycles. The summed E-state index contributed by atoms with van der Waals surface area (Å²) >= 11 is 0. The van der Waals surface area contributed by atoms with Crippen LogP contribution in [-0.2, 0) is 0 Å². The maximum absolute atomic E-state index is 10.8. The normalized spacial score (nSPS) is 21.8. The second-order valence-corrected chi connectivity index (χ2v) is 8.19. The predicted octanol–water partition coefficient (Wildman–Crippen LogP) is 4.04. The van der Waals surface area contributed by atoms with Crippen molar-refractivity contribution < 1.29 is 9.84 Å². The van der Waals surface area contributed by atoms with Gasteiger partial charge in [-0.15, -0.1) is 0 Å². The van der Waals surface area contributed by atoms with Crippen LogP contribution in [0.1, 0.15) is 48.9 Å². The van der Waals surface area contributed by atoms with Gasteiger partial charge in [0.1, 0.15) is 5.66 Å². The fraction of sp³-hybridized carbons (Fsp3) is 0.458. The molecule has 5 nitrogen and oxygen atoms in total. The Labute approximate surface area is 173 Å². The Kier molecular flexibility index (Phi) is 5.61. The molecule has 1 unspecified atom stereocenters. The number of phenols is 1. The van der Waals surface area contributed by atoms with Crippen LogP contribution in [0, 0.1) is 6.92 Å². The van der Waals surface area contributed by atoms with Crippen molar-refractivity contribution in [2.45, 2.75) is 44.8 Å². The van der Waals surface area contributed by atoms with Crippen LogP contribution in [0.25, 0.3) is 0 Å². The van der Waals surface area contributed by atoms with E-state index in [4.69, 9.17) is 9.73 Å². The van der Waals surface area contributed by atoms with Crippen LogP contribution in [0.5, 0.6) is 11.5 Å². The van der Waals surface area contributed by atoms with E-state index in [2.05, 4.69) is 48.3 Å². The zero-order chi connectivity index (χ0) is 20.4. The largest absolute Gasteiger partial charge is 0.504 e. The first-order valence-corrected chi connectivity index (χ1v) is 10.6. The third kappa shape index (κ3) is 4.02. The molecule has 0 aliphatic carbocycles. The smallest absolute Gasteiger partial charge is 0.162 e. The summed E-state index contributed by atoms with van der Waals surface area (Å²) in [6.07, 6.45) is 2.68. The van der Waals surface area contributed by atoms with Crippen LogP contribution in [0.15, 0.2) is 47.5 Å². The van der Waals surface area contributed by atoms with Gasteiger partial charge < -0.3 is 14.7 Å². The Morgan fingerprint density at radius 1 is 1.17 bits per heavy atom. The molecule has 0 amide bonds. The molecule has 2 aromatic rings. The first-order chi connectivity index (χ1) is 14.0. The van der Waals surface area contributed by atoms with E-state index in [0.29, 0.717) is 5.75 Å². The Morgan fingerprint density at radius 3 is 2.55 bits per heavy atom. The fourth-order valence-electron chi connectivity index (χ4n) is 4.50. The molecule has 1 fully saturated rings. The highest BCUT2D eigenvalue weighted by Gasteiger charge is 2.40. The minimum Gasteiger partial charge on any atom is -0.504 e. The molecule has 2 N–H and O–H groups in total. The van der Waals surface area contributed by atoms with E-state index in [1.165, 1.54) is 11.1 Å². The number of aliphatic imine (C=N–C) groups is 1. The number of likely N-dealkylation sites (tertiary alicyclic amines) is 1. The van der Waals surface area contributed by atoms with Crippen molar-refractivity contribution >= 4 is 5.71 Å². The molecular formula is C24H31N3O2. The van der Waals surface area contributed by atoms with Gasteiger partial charge in [0.2, 0.25) is 0 Å². The lowest BCUT2D eigenvalue weighted by atomic mass is 9.87. The van der Waals surface area contributed by atoms with E-state index in [1.807, 2.05) is 12.1 Å². The molecule has 154 valence electrons. The van der Waals surface area contributed by atoms with E-state index in [1.54, 1.807) is 13.2 Å². The summed E-state index contributed by atoms with van der Waals surface area (Å²) < 4.78 is 5.35. The van der Waals surface area contributed by atoms with E-state index in [9.17, 15) is 5.11 Å². The van der Waals surface area contributed by atoms with Gasteiger partial charge in [-0.05, 0) is 37.9 Å². The molecule has 1 spiro atoms. The number of ether oxygens (including phenoxy) is 1. The molecule has 0 saturated carbocycles. The number of rotatable bonds is 4. The molecule has 29 heavy (non-hydrogen) atoms. The Balaban J connectivity index is 1.72. The maximum atomic E-state index is 10.8. The van der Waals surface area contributed by atoms with E-state index >= 15 is 0 Å². The molecule has 0 radical (unpaired) electrons. The minimum absolute atomic E-state index is 0.00733. The zero-order valence-electron chi connectivity index (χ0n) is 17.6. The van der Waals surface area contributed by atoms with Crippen LogP contribution >= 0.6 is 0 Å². The fourth-order valence-corrected chi connectivity index (χ4v) is 4.50. The molecule has 1 atom stereocenters. The van der Waals surface area contributed by atoms with Crippen molar-refractivity contribution in [1.82, 2.24) is 10.2 Å². The van der Waals surface area contributed by atoms with Gasteiger partial charge in [0.15, 0.2) is 11.5 Å². The first-order valence-electron chi connectivity index (χ1n) is 10.6. The number of nitrogens with zero attached hydrogens (tertiary/aromatic N) is 2. The van der Waals surface area contributed by atoms with Gasteiger partial charge in [0, 0.05) is 36.8 Å². The van der Waals surface area contributed by atoms with Gasteiger partial charge in [-0.2, -0.15) is 0 Å². The van der Waals surface area contributed by atoms with E-state index < -0.39 is 0 Å². The molecular weight excluding hydrogens is 362 g/mol. The van der Waals surface area contributed by atoms with Crippen molar-refractivity contribution in [2.24, 2.45) is 4.99 Å². The third-order valence-electron chi connectivity index (χ3n) is 6.33. The summed E-state index contributed by atoms with van der Waals surface area (Å²) in [5.74, 6) is 0.734. The van der Waals surface area contributed by atoms with Crippen LogP contribution in [0.4, 0.5) is 0 Å². The summed E-state index contributed by atoms with van der Waals surface area (Å²) in [6, 6.07) is 14.3. The number of phenolic OH excluding ortho intramolecular Hbond substituents is 1. The molecule has 2 aliphatic heterocycles. The van der Waals surface area contributed by atoms with E-state index in [-0.39, 0.29) is 17.5 Å². The van der Waals surface area contributed by atoms with Crippen LogP contribution in [0.2, 0.25) is 0 Å². The molecule has 0 bridgehead atoms. The second-order valence-electron chi connectivity index (χ2n) is 8.19. The summed E-state index contributed by atoms with van der Waals surface area (Å²) in [5.41, 5.74) is 4.12. The predicted molar refractivity (Wildman–Crippen MR) is 117 cm³/mol. The molecule has 2 heterocycles. The molecule has 5 heteroatoms. The number of benzene rings is 2. The lowest BCUT2D eigenvalue weighted by molar-refractivity contribution is 0.129. The number of piperidine rings is 1. The van der Waals surface area contributed by atoms with Gasteiger partial charge in [-0.3, -0.25) is 10.3 Å². The monoisotopic (exact) mass is 393 g/mol. The summed E-state index contributed by atoms with van der Waals surface area (Å²) in [5, 5.41) is 14.6. The maximum Gasteiger partial charge on any atom is 0.162 e. The number of hydrogen-bond acceptors (Lipinski definition) is 5. The van der Waals surface area contributed by atoms with Gasteiger partial charge in [-0.25, -0.2) is 0 Å². The summed E-state index contributed by atoms with van der Waals surface area (Å²) in [4.78, 5) is 7.73. The van der Waals surface area contributed by atoms with Crippen molar-refractivity contribution in [3.05, 3.63) is 59.2 Å². The molecule has 1 saturated heterocycles. The van der Waals surface area contributed by atoms with Gasteiger partial charge in [-0.1, -0.05) is 48.9 Å². The lowest BCUT2D eigenvalue weighted by Gasteiger charge is -2.45. The van der Waals surface area contributed by atoms with Gasteiger partial charge in [0.05, 0.1) is 7.11 Å². The Morgan fingerprint density at radius 2 is 1.90 bits per heavy atom. The van der Waals surface area contributed by atoms with Gasteiger partial charge in [0.25, 0.3) is 0 Å². The van der Waals surface area contributed by atoms with Gasteiger partial charge >= 0.3 is 0 Å². The second kappa shape index (κ2) is 8.17. The topological polar surface area (TPSA) is 57.1 Å². The van der Waals surface area contributed by atoms with Crippen molar-refractivity contribution in [3.63, 3.8) is 0 Å². The number of methoxy groups -OCH3 is 1. The van der Waals surface area contributed by atoms with Crippen molar-refractivity contribution in [3.8, 4) is 11.5 Å². The number of aromatic hydroxyl groups is 1. The highest BCUT2D eigenvalue weighted by Crippen LogP contribution is 2.40. The quantitative estimate of drug-likeness (QED) is 0.823. The molecule has 2 aliphatic rings. The number of para-hydroxylation sites is 1. The average Bonchev–Trinajstić information content (AvgIpc) is 2.74. The number of hydrogen-bond donors (Lipinski definition) is 2. The van der Waals surface area contributed by atoms with Crippen molar-refractivity contribution in [1.29, 1.82) is 0 Å². The van der Waals surface area contributed by atoms with Crippen molar-refractivity contribution in [2.75, 3.05) is 26.7 Å². The number of aryl methyl sites for hydroxylation is 1. The SMILES string of the molecule is CCN1CCC2(CC1)N=C(c1ccc(C)cc1)CC(c1cccc(OC)c1O)N2. The molecule has 0 aromatic heterocycles. The summed E-state index contributed by atoms with van der Waals surface area (Å²) in [6.45, 7) is 7.46. The number of nitrogens with one attached hydrogen (secondary N) is 1. The van der Waals surface area contributed by atoms with Crippen LogP contribution in [-0.4, -0.2) is 48.1 Å².